The summed E-state index contributed by atoms with van der Waals surface area (Å²) in [7, 11) is 1.76. The Hall–Kier alpha value is -2.93. The highest BCUT2D eigenvalue weighted by atomic mass is 35.5. The van der Waals surface area contributed by atoms with Gasteiger partial charge in [0.15, 0.2) is 0 Å². The number of aliphatic imine (C=N–C) groups is 1. The summed E-state index contributed by atoms with van der Waals surface area (Å²) in [5.74, 6) is 0.752. The van der Waals surface area contributed by atoms with E-state index in [9.17, 15) is 9.90 Å². The average Bonchev–Trinajstić information content (AvgIpc) is 2.96. The number of amides is 1. The lowest BCUT2D eigenvalue weighted by Crippen LogP contribution is -2.36. The number of hydrogen-bond donors (Lipinski definition) is 1. The van der Waals surface area contributed by atoms with Crippen molar-refractivity contribution in [1.82, 2.24) is 4.98 Å². The number of benzene rings is 2. The molecular weight excluding hydrogens is 483 g/mol. The zero-order valence-corrected chi connectivity index (χ0v) is 20.9. The molecule has 1 fully saturated rings. The smallest absolute Gasteiger partial charge is 0.251 e. The first-order valence-electron chi connectivity index (χ1n) is 11.7. The highest BCUT2D eigenvalue weighted by molar-refractivity contribution is 6.32. The van der Waals surface area contributed by atoms with Gasteiger partial charge in [-0.3, -0.25) is 9.79 Å². The Kier molecular flexibility index (Phi) is 6.78. The lowest BCUT2D eigenvalue weighted by Gasteiger charge is -2.30. The number of pyridine rings is 1. The quantitative estimate of drug-likeness (QED) is 0.550. The first kappa shape index (κ1) is 23.8. The Morgan fingerprint density at radius 2 is 1.83 bits per heavy atom. The van der Waals surface area contributed by atoms with E-state index in [1.54, 1.807) is 24.2 Å². The number of carbonyl (C=O) groups excluding carboxylic acids is 1. The van der Waals surface area contributed by atoms with Crippen molar-refractivity contribution >= 4 is 46.3 Å². The van der Waals surface area contributed by atoms with Crippen LogP contribution in [0.25, 0.3) is 0 Å². The summed E-state index contributed by atoms with van der Waals surface area (Å²) in [6.45, 7) is 1.54. The standard InChI is InChI=1S/C27H26Cl2N4O2/c1-32-24-8-7-19(28)15-21(24)26(31-23(27(32)35)14-17-4-2-3-5-22(17)29)18-6-9-25(30-16-18)33-12-10-20(34)11-13-33/h2-9,15-16,20,23,34H,10-14H2,1H3. The Morgan fingerprint density at radius 3 is 2.54 bits per heavy atom. The molecule has 0 saturated carbocycles. The largest absolute Gasteiger partial charge is 0.393 e. The van der Waals surface area contributed by atoms with Crippen molar-refractivity contribution in [3.05, 3.63) is 87.5 Å². The second kappa shape index (κ2) is 9.97. The zero-order valence-electron chi connectivity index (χ0n) is 19.4. The van der Waals surface area contributed by atoms with Crippen LogP contribution >= 0.6 is 23.2 Å². The Labute approximate surface area is 214 Å². The van der Waals surface area contributed by atoms with Crippen LogP contribution in [0.4, 0.5) is 11.5 Å². The van der Waals surface area contributed by atoms with Crippen LogP contribution in [0, 0.1) is 0 Å². The maximum Gasteiger partial charge on any atom is 0.251 e. The van der Waals surface area contributed by atoms with E-state index in [1.807, 2.05) is 48.5 Å². The number of likely N-dealkylation sites (N-methyl/N-ethyl adjacent to an activating group) is 1. The number of benzodiazepines with no additional fused rings is 1. The number of hydrogen-bond acceptors (Lipinski definition) is 5. The molecule has 0 radical (unpaired) electrons. The van der Waals surface area contributed by atoms with Crippen LogP contribution in [0.5, 0.6) is 0 Å². The molecule has 1 atom stereocenters. The molecule has 1 aromatic heterocycles. The van der Waals surface area contributed by atoms with Crippen LogP contribution in [0.15, 0.2) is 65.8 Å². The van der Waals surface area contributed by atoms with Crippen LogP contribution in [0.2, 0.25) is 10.0 Å². The number of anilines is 2. The van der Waals surface area contributed by atoms with Crippen molar-refractivity contribution in [2.75, 3.05) is 29.9 Å². The van der Waals surface area contributed by atoms with Crippen molar-refractivity contribution in [2.45, 2.75) is 31.4 Å². The van der Waals surface area contributed by atoms with Gasteiger partial charge in [-0.05, 0) is 54.8 Å². The van der Waals surface area contributed by atoms with Crippen LogP contribution < -0.4 is 9.80 Å². The fourth-order valence-electron chi connectivity index (χ4n) is 4.66. The summed E-state index contributed by atoms with van der Waals surface area (Å²) < 4.78 is 0. The van der Waals surface area contributed by atoms with Crippen molar-refractivity contribution in [1.29, 1.82) is 0 Å². The third-order valence-electron chi connectivity index (χ3n) is 6.66. The van der Waals surface area contributed by atoms with Gasteiger partial charge in [0, 0.05) is 53.9 Å². The van der Waals surface area contributed by atoms with Crippen molar-refractivity contribution in [3.63, 3.8) is 0 Å². The Bertz CT molecular complexity index is 1270. The van der Waals surface area contributed by atoms with E-state index in [4.69, 9.17) is 33.2 Å². The molecule has 0 bridgehead atoms. The van der Waals surface area contributed by atoms with Gasteiger partial charge >= 0.3 is 0 Å². The van der Waals surface area contributed by atoms with Crippen molar-refractivity contribution in [2.24, 2.45) is 4.99 Å². The molecular formula is C27H26Cl2N4O2. The summed E-state index contributed by atoms with van der Waals surface area (Å²) in [6, 6.07) is 16.3. The van der Waals surface area contributed by atoms with Gasteiger partial charge in [-0.2, -0.15) is 0 Å². The Balaban J connectivity index is 1.55. The average molecular weight is 509 g/mol. The number of aromatic nitrogens is 1. The van der Waals surface area contributed by atoms with Crippen LogP contribution in [-0.2, 0) is 11.2 Å². The molecule has 3 heterocycles. The third-order valence-corrected chi connectivity index (χ3v) is 7.26. The van der Waals surface area contributed by atoms with Gasteiger partial charge in [0.25, 0.3) is 5.91 Å². The predicted molar refractivity (Wildman–Crippen MR) is 141 cm³/mol. The molecule has 3 aromatic rings. The molecule has 5 rings (SSSR count). The summed E-state index contributed by atoms with van der Waals surface area (Å²) >= 11 is 12.8. The molecule has 1 saturated heterocycles. The first-order valence-corrected chi connectivity index (χ1v) is 12.4. The summed E-state index contributed by atoms with van der Waals surface area (Å²) in [5, 5.41) is 11.0. The number of nitrogens with zero attached hydrogens (tertiary/aromatic N) is 4. The van der Waals surface area contributed by atoms with E-state index >= 15 is 0 Å². The number of aliphatic hydroxyl groups is 1. The maximum atomic E-state index is 13.5. The first-order chi connectivity index (χ1) is 16.9. The number of piperidine rings is 1. The zero-order chi connectivity index (χ0) is 24.5. The van der Waals surface area contributed by atoms with Crippen LogP contribution in [0.3, 0.4) is 0 Å². The summed E-state index contributed by atoms with van der Waals surface area (Å²) in [5.41, 5.74) is 3.88. The van der Waals surface area contributed by atoms with E-state index in [-0.39, 0.29) is 12.0 Å². The number of aliphatic hydroxyl groups excluding tert-OH is 1. The van der Waals surface area contributed by atoms with Crippen LogP contribution in [0.1, 0.15) is 29.5 Å². The number of rotatable bonds is 4. The predicted octanol–water partition coefficient (Wildman–Crippen LogP) is 4.77. The SMILES string of the molecule is CN1C(=O)C(Cc2ccccc2Cl)N=C(c2ccc(N3CCC(O)CC3)nc2)c2cc(Cl)ccc21. The van der Waals surface area contributed by atoms with E-state index in [1.165, 1.54) is 0 Å². The lowest BCUT2D eigenvalue weighted by molar-refractivity contribution is -0.119. The van der Waals surface area contributed by atoms with Crippen molar-refractivity contribution in [3.8, 4) is 0 Å². The van der Waals surface area contributed by atoms with Gasteiger partial charge in [0.2, 0.25) is 0 Å². The van der Waals surface area contributed by atoms with E-state index in [0.717, 1.165) is 54.1 Å². The monoisotopic (exact) mass is 508 g/mol. The van der Waals surface area contributed by atoms with Gasteiger partial charge in [-0.1, -0.05) is 41.4 Å². The summed E-state index contributed by atoms with van der Waals surface area (Å²) in [4.78, 5) is 27.0. The van der Waals surface area contributed by atoms with Gasteiger partial charge < -0.3 is 14.9 Å². The van der Waals surface area contributed by atoms with Gasteiger partial charge in [-0.25, -0.2) is 4.98 Å². The molecule has 8 heteroatoms. The van der Waals surface area contributed by atoms with Gasteiger partial charge in [0.05, 0.1) is 17.5 Å². The molecule has 1 N–H and O–H groups in total. The number of halogens is 2. The normalized spacial score (nSPS) is 18.8. The van der Waals surface area contributed by atoms with Gasteiger partial charge in [0.1, 0.15) is 11.9 Å². The highest BCUT2D eigenvalue weighted by Crippen LogP contribution is 2.32. The lowest BCUT2D eigenvalue weighted by atomic mass is 10.0. The summed E-state index contributed by atoms with van der Waals surface area (Å²) in [6.07, 6.45) is 3.42. The molecule has 2 aliphatic heterocycles. The minimum Gasteiger partial charge on any atom is -0.393 e. The second-order valence-electron chi connectivity index (χ2n) is 8.97. The fraction of sp³-hybridized carbons (Fsp3) is 0.296. The molecule has 0 aliphatic carbocycles. The van der Waals surface area contributed by atoms with Crippen LogP contribution in [-0.4, -0.2) is 54.0 Å². The van der Waals surface area contributed by atoms with Crippen molar-refractivity contribution < 1.29 is 9.90 Å². The van der Waals surface area contributed by atoms with E-state index in [2.05, 4.69) is 4.90 Å². The third kappa shape index (κ3) is 4.92. The van der Waals surface area contributed by atoms with Gasteiger partial charge in [-0.15, -0.1) is 0 Å². The molecule has 35 heavy (non-hydrogen) atoms. The Morgan fingerprint density at radius 1 is 1.06 bits per heavy atom. The molecule has 0 spiro atoms. The van der Waals surface area contributed by atoms with E-state index in [0.29, 0.717) is 22.2 Å². The minimum atomic E-state index is -0.649. The molecule has 6 nitrogen and oxygen atoms in total. The molecule has 180 valence electrons. The minimum absolute atomic E-state index is 0.111. The molecule has 1 amide bonds. The molecule has 2 aliphatic rings. The number of fused-ring (bicyclic) bond motifs is 1. The van der Waals surface area contributed by atoms with E-state index < -0.39 is 6.04 Å². The number of carbonyl (C=O) groups is 1. The molecule has 2 aromatic carbocycles. The molecule has 1 unspecified atom stereocenters. The topological polar surface area (TPSA) is 69.0 Å². The maximum absolute atomic E-state index is 13.5. The highest BCUT2D eigenvalue weighted by Gasteiger charge is 2.31. The fourth-order valence-corrected chi connectivity index (χ4v) is 5.04. The second-order valence-corrected chi connectivity index (χ2v) is 9.81.